The number of carbonyl (C=O) groups is 1. The Morgan fingerprint density at radius 1 is 1.50 bits per heavy atom. The van der Waals surface area contributed by atoms with E-state index in [0.717, 1.165) is 29.5 Å². The number of ether oxygens (including phenoxy) is 1. The van der Waals surface area contributed by atoms with Crippen molar-refractivity contribution < 1.29 is 9.53 Å². The molecule has 20 heavy (non-hydrogen) atoms. The van der Waals surface area contributed by atoms with Crippen molar-refractivity contribution in [3.8, 4) is 0 Å². The zero-order valence-corrected chi connectivity index (χ0v) is 12.8. The Bertz CT molecular complexity index is 634. The maximum atomic E-state index is 12.4. The first-order chi connectivity index (χ1) is 9.66. The second-order valence-electron chi connectivity index (χ2n) is 5.05. The number of fused-ring (bicyclic) bond motifs is 1. The molecule has 2 heterocycles. The van der Waals surface area contributed by atoms with Crippen LogP contribution >= 0.6 is 22.9 Å². The first-order valence-electron chi connectivity index (χ1n) is 6.76. The fourth-order valence-corrected chi connectivity index (χ4v) is 3.94. The monoisotopic (exact) mass is 309 g/mol. The maximum absolute atomic E-state index is 12.4. The summed E-state index contributed by atoms with van der Waals surface area (Å²) in [6, 6.07) is 7.80. The van der Waals surface area contributed by atoms with Crippen molar-refractivity contribution in [1.82, 2.24) is 5.32 Å². The Labute approximate surface area is 126 Å². The van der Waals surface area contributed by atoms with Crippen LogP contribution in [0.1, 0.15) is 29.4 Å². The highest BCUT2D eigenvalue weighted by Gasteiger charge is 2.25. The van der Waals surface area contributed by atoms with Gasteiger partial charge in [-0.2, -0.15) is 0 Å². The second kappa shape index (κ2) is 5.72. The van der Waals surface area contributed by atoms with Gasteiger partial charge < -0.3 is 10.1 Å². The van der Waals surface area contributed by atoms with Crippen molar-refractivity contribution in [2.45, 2.75) is 31.9 Å². The van der Waals surface area contributed by atoms with Crippen LogP contribution in [-0.2, 0) is 4.74 Å². The van der Waals surface area contributed by atoms with Gasteiger partial charge in [-0.1, -0.05) is 29.8 Å². The van der Waals surface area contributed by atoms with Crippen LogP contribution in [0.3, 0.4) is 0 Å². The normalized spacial score (nSPS) is 20.2. The number of thiophene rings is 1. The van der Waals surface area contributed by atoms with Gasteiger partial charge in [-0.05, 0) is 25.8 Å². The van der Waals surface area contributed by atoms with E-state index in [9.17, 15) is 4.79 Å². The van der Waals surface area contributed by atoms with Crippen LogP contribution in [0, 0.1) is 0 Å². The second-order valence-corrected chi connectivity index (χ2v) is 6.49. The molecule has 3 nitrogen and oxygen atoms in total. The van der Waals surface area contributed by atoms with Gasteiger partial charge in [-0.3, -0.25) is 4.79 Å². The number of nitrogens with one attached hydrogen (secondary N) is 1. The van der Waals surface area contributed by atoms with Crippen LogP contribution in [0.15, 0.2) is 24.3 Å². The van der Waals surface area contributed by atoms with Crippen LogP contribution in [0.5, 0.6) is 0 Å². The highest BCUT2D eigenvalue weighted by atomic mass is 35.5. The van der Waals surface area contributed by atoms with Crippen molar-refractivity contribution in [3.63, 3.8) is 0 Å². The molecule has 1 aliphatic rings. The van der Waals surface area contributed by atoms with Crippen molar-refractivity contribution in [1.29, 1.82) is 0 Å². The Kier molecular flexibility index (Phi) is 3.96. The standard InChI is InChI=1S/C15H16ClNO2S/c1-9(11-6-4-8-19-11)17-15(18)14-13(16)10-5-2-3-7-12(10)20-14/h2-3,5,7,9,11H,4,6,8H2,1H3,(H,17,18)/t9-,11-/m1/s1. The molecule has 1 fully saturated rings. The van der Waals surface area contributed by atoms with E-state index in [4.69, 9.17) is 16.3 Å². The Hall–Kier alpha value is -1.10. The van der Waals surface area contributed by atoms with Gasteiger partial charge in [0, 0.05) is 16.7 Å². The lowest BCUT2D eigenvalue weighted by Crippen LogP contribution is -2.40. The average molecular weight is 310 g/mol. The summed E-state index contributed by atoms with van der Waals surface area (Å²) in [7, 11) is 0. The molecular formula is C15H16ClNO2S. The highest BCUT2D eigenvalue weighted by molar-refractivity contribution is 7.21. The molecule has 106 valence electrons. The summed E-state index contributed by atoms with van der Waals surface area (Å²) in [6.07, 6.45) is 2.18. The van der Waals surface area contributed by atoms with E-state index in [1.165, 1.54) is 11.3 Å². The quantitative estimate of drug-likeness (QED) is 0.935. The van der Waals surface area contributed by atoms with Crippen LogP contribution in [-0.4, -0.2) is 24.7 Å². The largest absolute Gasteiger partial charge is 0.376 e. The van der Waals surface area contributed by atoms with Crippen LogP contribution in [0.2, 0.25) is 5.02 Å². The molecule has 0 radical (unpaired) electrons. The molecule has 0 bridgehead atoms. The van der Waals surface area contributed by atoms with Crippen LogP contribution in [0.4, 0.5) is 0 Å². The topological polar surface area (TPSA) is 38.3 Å². The minimum atomic E-state index is -0.112. The van der Waals surface area contributed by atoms with E-state index in [-0.39, 0.29) is 18.1 Å². The van der Waals surface area contributed by atoms with Gasteiger partial charge in [0.05, 0.1) is 17.2 Å². The molecule has 0 saturated carbocycles. The molecule has 1 aromatic carbocycles. The Morgan fingerprint density at radius 3 is 3.00 bits per heavy atom. The molecule has 2 aromatic rings. The van der Waals surface area contributed by atoms with Gasteiger partial charge in [-0.15, -0.1) is 11.3 Å². The number of rotatable bonds is 3. The average Bonchev–Trinajstić information content (AvgIpc) is 3.07. The fraction of sp³-hybridized carbons (Fsp3) is 0.400. The predicted molar refractivity (Wildman–Crippen MR) is 82.7 cm³/mol. The molecule has 2 atom stereocenters. The van der Waals surface area contributed by atoms with E-state index in [1.807, 2.05) is 31.2 Å². The van der Waals surface area contributed by atoms with Crippen molar-refractivity contribution >= 4 is 38.9 Å². The summed E-state index contributed by atoms with van der Waals surface area (Å²) in [4.78, 5) is 12.9. The Morgan fingerprint density at radius 2 is 2.30 bits per heavy atom. The number of benzene rings is 1. The first-order valence-corrected chi connectivity index (χ1v) is 7.96. The molecule has 0 aliphatic carbocycles. The van der Waals surface area contributed by atoms with Crippen LogP contribution in [0.25, 0.3) is 10.1 Å². The van der Waals surface area contributed by atoms with E-state index >= 15 is 0 Å². The van der Waals surface area contributed by atoms with Gasteiger partial charge in [0.15, 0.2) is 0 Å². The van der Waals surface area contributed by atoms with E-state index in [1.54, 1.807) is 0 Å². The number of hydrogen-bond acceptors (Lipinski definition) is 3. The highest BCUT2D eigenvalue weighted by Crippen LogP contribution is 2.35. The van der Waals surface area contributed by atoms with Gasteiger partial charge in [0.25, 0.3) is 5.91 Å². The molecule has 1 saturated heterocycles. The lowest BCUT2D eigenvalue weighted by molar-refractivity contribution is 0.0715. The Balaban J connectivity index is 1.80. The van der Waals surface area contributed by atoms with Crippen molar-refractivity contribution in [2.24, 2.45) is 0 Å². The SMILES string of the molecule is C[C@@H](NC(=O)c1sc2ccccc2c1Cl)[C@H]1CCCO1. The summed E-state index contributed by atoms with van der Waals surface area (Å²) >= 11 is 7.75. The zero-order valence-electron chi connectivity index (χ0n) is 11.2. The molecule has 3 rings (SSSR count). The number of carbonyl (C=O) groups excluding carboxylic acids is 1. The lowest BCUT2D eigenvalue weighted by atomic mass is 10.1. The van der Waals surface area contributed by atoms with E-state index in [0.29, 0.717) is 9.90 Å². The van der Waals surface area contributed by atoms with Gasteiger partial charge in [-0.25, -0.2) is 0 Å². The third-order valence-electron chi connectivity index (χ3n) is 3.62. The number of amides is 1. The summed E-state index contributed by atoms with van der Waals surface area (Å²) in [5.41, 5.74) is 0. The lowest BCUT2D eigenvalue weighted by Gasteiger charge is -2.19. The maximum Gasteiger partial charge on any atom is 0.263 e. The van der Waals surface area contributed by atoms with Crippen LogP contribution < -0.4 is 5.32 Å². The molecule has 1 aliphatic heterocycles. The van der Waals surface area contributed by atoms with Crippen molar-refractivity contribution in [3.05, 3.63) is 34.2 Å². The molecule has 0 spiro atoms. The molecular weight excluding hydrogens is 294 g/mol. The molecule has 1 amide bonds. The molecule has 1 aromatic heterocycles. The van der Waals surface area contributed by atoms with Gasteiger partial charge in [0.2, 0.25) is 0 Å². The predicted octanol–water partition coefficient (Wildman–Crippen LogP) is 3.85. The minimum Gasteiger partial charge on any atom is -0.376 e. The first kappa shape index (κ1) is 13.9. The number of hydrogen-bond donors (Lipinski definition) is 1. The summed E-state index contributed by atoms with van der Waals surface area (Å²) in [6.45, 7) is 2.77. The summed E-state index contributed by atoms with van der Waals surface area (Å²) in [5, 5.41) is 4.49. The zero-order chi connectivity index (χ0) is 14.1. The third kappa shape index (κ3) is 2.55. The molecule has 0 unspecified atom stereocenters. The smallest absolute Gasteiger partial charge is 0.263 e. The minimum absolute atomic E-state index is 0.00581. The molecule has 5 heteroatoms. The van der Waals surface area contributed by atoms with E-state index < -0.39 is 0 Å². The van der Waals surface area contributed by atoms with Gasteiger partial charge in [0.1, 0.15) is 4.88 Å². The number of halogens is 1. The van der Waals surface area contributed by atoms with Gasteiger partial charge >= 0.3 is 0 Å². The van der Waals surface area contributed by atoms with E-state index in [2.05, 4.69) is 5.32 Å². The summed E-state index contributed by atoms with van der Waals surface area (Å²) in [5.74, 6) is -0.112. The summed E-state index contributed by atoms with van der Waals surface area (Å²) < 4.78 is 6.63. The third-order valence-corrected chi connectivity index (χ3v) is 5.30. The van der Waals surface area contributed by atoms with Crippen molar-refractivity contribution in [2.75, 3.05) is 6.61 Å². The molecule has 1 N–H and O–H groups in total. The fourth-order valence-electron chi connectivity index (χ4n) is 2.52.